The van der Waals surface area contributed by atoms with Crippen LogP contribution in [0.15, 0.2) is 24.3 Å². The highest BCUT2D eigenvalue weighted by molar-refractivity contribution is 5.92. The summed E-state index contributed by atoms with van der Waals surface area (Å²) in [6.45, 7) is 0.215. The molecule has 2 aliphatic rings. The summed E-state index contributed by atoms with van der Waals surface area (Å²) < 4.78 is 10.1. The molecule has 0 aromatic heterocycles. The first-order chi connectivity index (χ1) is 12.1. The zero-order valence-corrected chi connectivity index (χ0v) is 14.9. The Hall–Kier alpha value is -2.08. The lowest BCUT2D eigenvalue weighted by Gasteiger charge is -2.32. The number of ether oxygens (including phenoxy) is 2. The molecule has 0 radical (unpaired) electrons. The second kappa shape index (κ2) is 7.87. The van der Waals surface area contributed by atoms with Gasteiger partial charge in [0.1, 0.15) is 11.8 Å². The lowest BCUT2D eigenvalue weighted by Crippen LogP contribution is -2.46. The van der Waals surface area contributed by atoms with Crippen LogP contribution in [-0.4, -0.2) is 49.6 Å². The number of rotatable bonds is 5. The van der Waals surface area contributed by atoms with Crippen molar-refractivity contribution in [3.63, 3.8) is 0 Å². The molecule has 1 N–H and O–H groups in total. The van der Waals surface area contributed by atoms with Gasteiger partial charge < -0.3 is 14.8 Å². The van der Waals surface area contributed by atoms with Crippen LogP contribution in [0.1, 0.15) is 32.1 Å². The van der Waals surface area contributed by atoms with Gasteiger partial charge in [-0.3, -0.25) is 14.5 Å². The number of benzene rings is 1. The van der Waals surface area contributed by atoms with Crippen molar-refractivity contribution in [1.29, 1.82) is 0 Å². The minimum Gasteiger partial charge on any atom is -0.497 e. The van der Waals surface area contributed by atoms with Gasteiger partial charge >= 0.3 is 5.97 Å². The van der Waals surface area contributed by atoms with Crippen LogP contribution in [0.25, 0.3) is 0 Å². The Morgan fingerprint density at radius 3 is 2.56 bits per heavy atom. The molecule has 3 atom stereocenters. The molecule has 1 heterocycles. The predicted molar refractivity (Wildman–Crippen MR) is 94.5 cm³/mol. The number of esters is 1. The third-order valence-corrected chi connectivity index (χ3v) is 5.39. The summed E-state index contributed by atoms with van der Waals surface area (Å²) in [4.78, 5) is 26.7. The lowest BCUT2D eigenvalue weighted by molar-refractivity contribution is -0.146. The fourth-order valence-corrected chi connectivity index (χ4v) is 4.19. The maximum atomic E-state index is 12.5. The van der Waals surface area contributed by atoms with E-state index >= 15 is 0 Å². The number of likely N-dealkylation sites (tertiary alicyclic amines) is 1. The van der Waals surface area contributed by atoms with Crippen molar-refractivity contribution in [3.05, 3.63) is 24.3 Å². The van der Waals surface area contributed by atoms with Crippen LogP contribution in [0.2, 0.25) is 0 Å². The van der Waals surface area contributed by atoms with Crippen LogP contribution in [0, 0.1) is 5.92 Å². The van der Waals surface area contributed by atoms with Crippen LogP contribution >= 0.6 is 0 Å². The number of fused-ring (bicyclic) bond motifs is 1. The molecule has 1 aliphatic heterocycles. The van der Waals surface area contributed by atoms with E-state index in [1.54, 1.807) is 19.2 Å². The van der Waals surface area contributed by atoms with Gasteiger partial charge in [0.2, 0.25) is 5.91 Å². The zero-order valence-electron chi connectivity index (χ0n) is 14.9. The standard InChI is InChI=1S/C19H26N2O4/c1-24-15-9-7-14(8-10-15)20-18(22)12-21-16-6-4-3-5-13(16)11-17(21)19(23)25-2/h7-10,13,16-17H,3-6,11-12H2,1-2H3,(H,20,22). The van der Waals surface area contributed by atoms with E-state index < -0.39 is 0 Å². The Morgan fingerprint density at radius 2 is 1.88 bits per heavy atom. The molecule has 1 aromatic carbocycles. The fourth-order valence-electron chi connectivity index (χ4n) is 4.19. The zero-order chi connectivity index (χ0) is 17.8. The number of hydrogen-bond donors (Lipinski definition) is 1. The Morgan fingerprint density at radius 1 is 1.16 bits per heavy atom. The molecule has 25 heavy (non-hydrogen) atoms. The van der Waals surface area contributed by atoms with Gasteiger partial charge in [0.25, 0.3) is 0 Å². The van der Waals surface area contributed by atoms with E-state index in [1.165, 1.54) is 13.5 Å². The molecule has 136 valence electrons. The normalized spacial score (nSPS) is 25.9. The summed E-state index contributed by atoms with van der Waals surface area (Å²) in [6.07, 6.45) is 5.35. The number of carbonyl (C=O) groups is 2. The first-order valence-electron chi connectivity index (χ1n) is 8.90. The van der Waals surface area contributed by atoms with Gasteiger partial charge in [-0.1, -0.05) is 12.8 Å². The second-order valence-electron chi connectivity index (χ2n) is 6.84. The van der Waals surface area contributed by atoms with Crippen molar-refractivity contribution < 1.29 is 19.1 Å². The second-order valence-corrected chi connectivity index (χ2v) is 6.84. The van der Waals surface area contributed by atoms with E-state index in [-0.39, 0.29) is 24.5 Å². The molecular weight excluding hydrogens is 320 g/mol. The van der Waals surface area contributed by atoms with Gasteiger partial charge in [0.15, 0.2) is 0 Å². The maximum absolute atomic E-state index is 12.5. The van der Waals surface area contributed by atoms with Gasteiger partial charge in [-0.2, -0.15) is 0 Å². The SMILES string of the molecule is COC(=O)C1CC2CCCCC2N1CC(=O)Nc1ccc(OC)cc1. The number of hydrogen-bond acceptors (Lipinski definition) is 5. The predicted octanol–water partition coefficient (Wildman–Crippen LogP) is 2.44. The van der Waals surface area contributed by atoms with Crippen LogP contribution in [0.5, 0.6) is 5.75 Å². The molecule has 1 amide bonds. The maximum Gasteiger partial charge on any atom is 0.323 e. The van der Waals surface area contributed by atoms with E-state index in [0.29, 0.717) is 12.0 Å². The number of amides is 1. The minimum absolute atomic E-state index is 0.106. The highest BCUT2D eigenvalue weighted by atomic mass is 16.5. The molecule has 0 bridgehead atoms. The number of nitrogens with one attached hydrogen (secondary N) is 1. The van der Waals surface area contributed by atoms with Crippen LogP contribution < -0.4 is 10.1 Å². The van der Waals surface area contributed by atoms with Crippen molar-refractivity contribution in [2.45, 2.75) is 44.2 Å². The Kier molecular flexibility index (Phi) is 5.58. The molecule has 1 aromatic rings. The first-order valence-corrected chi connectivity index (χ1v) is 8.90. The minimum atomic E-state index is -0.306. The lowest BCUT2D eigenvalue weighted by atomic mass is 9.85. The monoisotopic (exact) mass is 346 g/mol. The highest BCUT2D eigenvalue weighted by Gasteiger charge is 2.46. The van der Waals surface area contributed by atoms with E-state index in [1.807, 2.05) is 12.1 Å². The number of methoxy groups -OCH3 is 2. The molecule has 1 saturated heterocycles. The quantitative estimate of drug-likeness (QED) is 0.830. The van der Waals surface area contributed by atoms with Gasteiger partial charge in [0.05, 0.1) is 20.8 Å². The van der Waals surface area contributed by atoms with Crippen molar-refractivity contribution >= 4 is 17.6 Å². The summed E-state index contributed by atoms with van der Waals surface area (Å²) in [6, 6.07) is 7.23. The summed E-state index contributed by atoms with van der Waals surface area (Å²) in [5.41, 5.74) is 0.722. The Bertz CT molecular complexity index is 616. The Labute approximate surface area is 148 Å². The van der Waals surface area contributed by atoms with Crippen LogP contribution in [-0.2, 0) is 14.3 Å². The molecule has 1 aliphatic carbocycles. The van der Waals surface area contributed by atoms with Crippen molar-refractivity contribution in [3.8, 4) is 5.75 Å². The molecule has 6 heteroatoms. The summed E-state index contributed by atoms with van der Waals surface area (Å²) in [7, 11) is 3.02. The van der Waals surface area contributed by atoms with Crippen molar-refractivity contribution in [2.24, 2.45) is 5.92 Å². The number of carbonyl (C=O) groups excluding carboxylic acids is 2. The van der Waals surface area contributed by atoms with Crippen molar-refractivity contribution in [1.82, 2.24) is 4.90 Å². The molecule has 3 rings (SSSR count). The average molecular weight is 346 g/mol. The van der Waals surface area contributed by atoms with Gasteiger partial charge in [0, 0.05) is 11.7 Å². The topological polar surface area (TPSA) is 67.9 Å². The fraction of sp³-hybridized carbons (Fsp3) is 0.579. The molecular formula is C19H26N2O4. The Balaban J connectivity index is 1.66. The summed E-state index contributed by atoms with van der Waals surface area (Å²) in [5.74, 6) is 0.900. The molecule has 2 fully saturated rings. The molecule has 0 spiro atoms. The van der Waals surface area contributed by atoms with Gasteiger partial charge in [-0.25, -0.2) is 0 Å². The third-order valence-electron chi connectivity index (χ3n) is 5.39. The number of nitrogens with zero attached hydrogens (tertiary/aromatic N) is 1. The summed E-state index contributed by atoms with van der Waals surface area (Å²) in [5, 5.41) is 2.90. The largest absolute Gasteiger partial charge is 0.497 e. The van der Waals surface area contributed by atoms with Crippen LogP contribution in [0.4, 0.5) is 5.69 Å². The molecule has 3 unspecified atom stereocenters. The van der Waals surface area contributed by atoms with E-state index in [9.17, 15) is 9.59 Å². The van der Waals surface area contributed by atoms with Crippen molar-refractivity contribution in [2.75, 3.05) is 26.1 Å². The van der Waals surface area contributed by atoms with E-state index in [4.69, 9.17) is 9.47 Å². The third kappa shape index (κ3) is 3.95. The average Bonchev–Trinajstić information content (AvgIpc) is 3.00. The van der Waals surface area contributed by atoms with E-state index in [2.05, 4.69) is 10.2 Å². The summed E-state index contributed by atoms with van der Waals surface area (Å²) >= 11 is 0. The van der Waals surface area contributed by atoms with E-state index in [0.717, 1.165) is 37.1 Å². The van der Waals surface area contributed by atoms with Gasteiger partial charge in [-0.15, -0.1) is 0 Å². The highest BCUT2D eigenvalue weighted by Crippen LogP contribution is 2.39. The first kappa shape index (κ1) is 17.7. The van der Waals surface area contributed by atoms with Crippen LogP contribution in [0.3, 0.4) is 0 Å². The van der Waals surface area contributed by atoms with Gasteiger partial charge in [-0.05, 0) is 49.4 Å². The molecule has 1 saturated carbocycles. The number of anilines is 1. The smallest absolute Gasteiger partial charge is 0.323 e. The molecule has 6 nitrogen and oxygen atoms in total.